The maximum absolute atomic E-state index is 11.8. The molecule has 1 aromatic rings. The van der Waals surface area contributed by atoms with E-state index in [4.69, 9.17) is 9.47 Å². The van der Waals surface area contributed by atoms with Gasteiger partial charge in [-0.05, 0) is 50.5 Å². The molecular weight excluding hydrogens is 294 g/mol. The summed E-state index contributed by atoms with van der Waals surface area (Å²) >= 11 is 0. The van der Waals surface area contributed by atoms with Crippen LogP contribution in [0.15, 0.2) is 18.5 Å². The van der Waals surface area contributed by atoms with Crippen molar-refractivity contribution in [3.8, 4) is 0 Å². The Morgan fingerprint density at radius 3 is 2.83 bits per heavy atom. The molecule has 3 fully saturated rings. The van der Waals surface area contributed by atoms with E-state index in [-0.39, 0.29) is 24.4 Å². The lowest BCUT2D eigenvalue weighted by atomic mass is 9.86. The van der Waals surface area contributed by atoms with E-state index in [1.54, 1.807) is 4.90 Å². The summed E-state index contributed by atoms with van der Waals surface area (Å²) in [5.41, 5.74) is 0.188. The first-order chi connectivity index (χ1) is 11.3. The first kappa shape index (κ1) is 14.9. The highest BCUT2D eigenvalue weighted by molar-refractivity contribution is 5.67. The number of ether oxygens (including phenoxy) is 2. The van der Waals surface area contributed by atoms with Crippen LogP contribution in [-0.4, -0.2) is 46.9 Å². The van der Waals surface area contributed by atoms with Crippen molar-refractivity contribution in [1.29, 1.82) is 0 Å². The lowest BCUT2D eigenvalue weighted by molar-refractivity contribution is -0.0767. The van der Waals surface area contributed by atoms with Crippen molar-refractivity contribution in [2.75, 3.05) is 19.9 Å². The van der Waals surface area contributed by atoms with E-state index in [0.29, 0.717) is 5.92 Å². The minimum absolute atomic E-state index is 0.0710. The SMILES string of the molecule is O=C(OCOC1CCC2(c3ncccn3)CC2C1)N1CCCC1. The quantitative estimate of drug-likeness (QED) is 0.798. The van der Waals surface area contributed by atoms with Gasteiger partial charge in [-0.3, -0.25) is 0 Å². The zero-order valence-electron chi connectivity index (χ0n) is 13.3. The molecule has 1 aliphatic heterocycles. The number of fused-ring (bicyclic) bond motifs is 1. The van der Waals surface area contributed by atoms with Gasteiger partial charge in [0.1, 0.15) is 5.82 Å². The maximum Gasteiger partial charge on any atom is 0.411 e. The highest BCUT2D eigenvalue weighted by atomic mass is 16.7. The van der Waals surface area contributed by atoms with E-state index in [1.165, 1.54) is 0 Å². The molecule has 124 valence electrons. The number of likely N-dealkylation sites (tertiary alicyclic amines) is 1. The van der Waals surface area contributed by atoms with Gasteiger partial charge in [0.25, 0.3) is 0 Å². The van der Waals surface area contributed by atoms with E-state index < -0.39 is 0 Å². The molecule has 0 bridgehead atoms. The number of amides is 1. The molecule has 1 aromatic heterocycles. The second kappa shape index (κ2) is 6.07. The number of carbonyl (C=O) groups excluding carboxylic acids is 1. The average molecular weight is 317 g/mol. The molecule has 23 heavy (non-hydrogen) atoms. The smallest absolute Gasteiger partial charge is 0.411 e. The van der Waals surface area contributed by atoms with Crippen LogP contribution in [0.2, 0.25) is 0 Å². The van der Waals surface area contributed by atoms with E-state index in [0.717, 1.165) is 57.4 Å². The minimum atomic E-state index is -0.239. The third-order valence-electron chi connectivity index (χ3n) is 5.55. The van der Waals surface area contributed by atoms with Gasteiger partial charge in [-0.1, -0.05) is 0 Å². The Morgan fingerprint density at radius 1 is 1.30 bits per heavy atom. The highest BCUT2D eigenvalue weighted by Crippen LogP contribution is 2.61. The topological polar surface area (TPSA) is 64.5 Å². The van der Waals surface area contributed by atoms with Crippen molar-refractivity contribution in [2.45, 2.75) is 50.0 Å². The number of hydrogen-bond donors (Lipinski definition) is 0. The van der Waals surface area contributed by atoms with Gasteiger partial charge in [0.2, 0.25) is 0 Å². The van der Waals surface area contributed by atoms with E-state index >= 15 is 0 Å². The second-order valence-electron chi connectivity index (χ2n) is 6.91. The predicted octanol–water partition coefficient (Wildman–Crippen LogP) is 2.49. The Hall–Kier alpha value is -1.69. The van der Waals surface area contributed by atoms with Gasteiger partial charge in [-0.25, -0.2) is 14.8 Å². The average Bonchev–Trinajstić information content (AvgIpc) is 3.06. The van der Waals surface area contributed by atoms with Crippen LogP contribution < -0.4 is 0 Å². The molecule has 2 aliphatic carbocycles. The van der Waals surface area contributed by atoms with Crippen molar-refractivity contribution >= 4 is 6.09 Å². The number of hydrogen-bond acceptors (Lipinski definition) is 5. The third-order valence-corrected chi connectivity index (χ3v) is 5.55. The summed E-state index contributed by atoms with van der Waals surface area (Å²) in [6, 6.07) is 1.86. The van der Waals surface area contributed by atoms with Gasteiger partial charge in [0.15, 0.2) is 6.79 Å². The van der Waals surface area contributed by atoms with E-state index in [9.17, 15) is 4.79 Å². The van der Waals surface area contributed by atoms with Gasteiger partial charge >= 0.3 is 6.09 Å². The fraction of sp³-hybridized carbons (Fsp3) is 0.706. The number of nitrogens with zero attached hydrogens (tertiary/aromatic N) is 3. The van der Waals surface area contributed by atoms with Crippen molar-refractivity contribution in [3.05, 3.63) is 24.3 Å². The van der Waals surface area contributed by atoms with Gasteiger partial charge in [-0.15, -0.1) is 0 Å². The van der Waals surface area contributed by atoms with Crippen LogP contribution in [0.1, 0.15) is 44.3 Å². The molecule has 2 heterocycles. The van der Waals surface area contributed by atoms with Crippen molar-refractivity contribution in [2.24, 2.45) is 5.92 Å². The van der Waals surface area contributed by atoms with Gasteiger partial charge in [0, 0.05) is 30.9 Å². The number of aromatic nitrogens is 2. The lowest BCUT2D eigenvalue weighted by Gasteiger charge is -2.27. The van der Waals surface area contributed by atoms with Crippen LogP contribution in [-0.2, 0) is 14.9 Å². The van der Waals surface area contributed by atoms with Crippen LogP contribution >= 0.6 is 0 Å². The van der Waals surface area contributed by atoms with Crippen LogP contribution in [0, 0.1) is 5.92 Å². The fourth-order valence-corrected chi connectivity index (χ4v) is 4.11. The largest absolute Gasteiger partial charge is 0.422 e. The fourth-order valence-electron chi connectivity index (χ4n) is 4.11. The predicted molar refractivity (Wildman–Crippen MR) is 82.7 cm³/mol. The summed E-state index contributed by atoms with van der Waals surface area (Å²) in [5, 5.41) is 0. The maximum atomic E-state index is 11.8. The zero-order valence-corrected chi connectivity index (χ0v) is 13.3. The minimum Gasteiger partial charge on any atom is -0.422 e. The second-order valence-corrected chi connectivity index (χ2v) is 6.91. The van der Waals surface area contributed by atoms with Gasteiger partial charge in [0.05, 0.1) is 6.10 Å². The Balaban J connectivity index is 1.23. The van der Waals surface area contributed by atoms with Gasteiger partial charge < -0.3 is 14.4 Å². The number of carbonyl (C=O) groups is 1. The van der Waals surface area contributed by atoms with Gasteiger partial charge in [-0.2, -0.15) is 0 Å². The Kier molecular flexibility index (Phi) is 3.93. The summed E-state index contributed by atoms with van der Waals surface area (Å²) in [6.07, 6.45) is 9.96. The molecule has 0 spiro atoms. The first-order valence-corrected chi connectivity index (χ1v) is 8.59. The molecular formula is C17H23N3O3. The standard InChI is InChI=1S/C17H23N3O3/c21-16(20-8-1-2-9-20)23-12-22-14-4-5-17(11-13(17)10-14)15-18-6-3-7-19-15/h3,6-7,13-14H,1-2,4-5,8-12H2. The molecule has 0 N–H and O–H groups in total. The molecule has 3 unspecified atom stereocenters. The third kappa shape index (κ3) is 2.92. The summed E-state index contributed by atoms with van der Waals surface area (Å²) in [4.78, 5) is 22.4. The molecule has 6 heteroatoms. The van der Waals surface area contributed by atoms with E-state index in [1.807, 2.05) is 18.5 Å². The molecule has 3 atom stereocenters. The molecule has 4 rings (SSSR count). The lowest BCUT2D eigenvalue weighted by Crippen LogP contribution is -2.31. The highest BCUT2D eigenvalue weighted by Gasteiger charge is 2.59. The molecule has 1 amide bonds. The molecule has 2 saturated carbocycles. The normalized spacial score (nSPS) is 32.4. The summed E-state index contributed by atoms with van der Waals surface area (Å²) < 4.78 is 11.0. The summed E-state index contributed by atoms with van der Waals surface area (Å²) in [5.74, 6) is 1.60. The monoisotopic (exact) mass is 317 g/mol. The zero-order chi connectivity index (χ0) is 15.7. The Labute approximate surface area is 136 Å². The van der Waals surface area contributed by atoms with Crippen LogP contribution in [0.5, 0.6) is 0 Å². The van der Waals surface area contributed by atoms with Crippen molar-refractivity contribution < 1.29 is 14.3 Å². The molecule has 3 aliphatic rings. The number of rotatable bonds is 4. The Morgan fingerprint density at radius 2 is 2.09 bits per heavy atom. The van der Waals surface area contributed by atoms with E-state index in [2.05, 4.69) is 9.97 Å². The van der Waals surface area contributed by atoms with Crippen molar-refractivity contribution in [3.63, 3.8) is 0 Å². The summed E-state index contributed by atoms with van der Waals surface area (Å²) in [6.45, 7) is 1.69. The summed E-state index contributed by atoms with van der Waals surface area (Å²) in [7, 11) is 0. The molecule has 0 aromatic carbocycles. The van der Waals surface area contributed by atoms with Crippen LogP contribution in [0.25, 0.3) is 0 Å². The van der Waals surface area contributed by atoms with Crippen LogP contribution in [0.3, 0.4) is 0 Å². The molecule has 6 nitrogen and oxygen atoms in total. The first-order valence-electron chi connectivity index (χ1n) is 8.59. The molecule has 0 radical (unpaired) electrons. The van der Waals surface area contributed by atoms with Crippen LogP contribution in [0.4, 0.5) is 4.79 Å². The molecule has 1 saturated heterocycles. The van der Waals surface area contributed by atoms with Crippen molar-refractivity contribution in [1.82, 2.24) is 14.9 Å². The Bertz CT molecular complexity index is 561.